The highest BCUT2D eigenvalue weighted by Crippen LogP contribution is 2.23. The number of aromatic nitrogens is 1. The Balaban J connectivity index is 2.13. The predicted octanol–water partition coefficient (Wildman–Crippen LogP) is 3.98. The van der Waals surface area contributed by atoms with Gasteiger partial charge in [-0.25, -0.2) is 0 Å². The van der Waals surface area contributed by atoms with Crippen LogP contribution < -0.4 is 0 Å². The van der Waals surface area contributed by atoms with Gasteiger partial charge in [-0.2, -0.15) is 0 Å². The Labute approximate surface area is 113 Å². The minimum absolute atomic E-state index is 0.801. The normalized spacial score (nSPS) is 10.8. The van der Waals surface area contributed by atoms with Crippen molar-refractivity contribution in [3.05, 3.63) is 43.8 Å². The summed E-state index contributed by atoms with van der Waals surface area (Å²) in [5, 5.41) is 0. The maximum Gasteiger partial charge on any atom is 0.151 e. The minimum Gasteiger partial charge on any atom is -0.348 e. The summed E-state index contributed by atoms with van der Waals surface area (Å²) in [6.07, 6.45) is 1.94. The fraction of sp³-hybridized carbons (Fsp3) is 0.308. The number of carbonyl (C=O) groups excluding carboxylic acids is 1. The fourth-order valence-corrected chi connectivity index (χ4v) is 3.47. The Kier molecular flexibility index (Phi) is 3.84. The van der Waals surface area contributed by atoms with E-state index in [1.54, 1.807) is 11.3 Å². The summed E-state index contributed by atoms with van der Waals surface area (Å²) in [6, 6.07) is 6.17. The summed E-state index contributed by atoms with van der Waals surface area (Å²) >= 11 is 5.23. The number of nitrogens with zero attached hydrogens (tertiary/aromatic N) is 1. The van der Waals surface area contributed by atoms with Crippen molar-refractivity contribution in [1.29, 1.82) is 0 Å². The predicted molar refractivity (Wildman–Crippen MR) is 75.0 cm³/mol. The van der Waals surface area contributed by atoms with Crippen LogP contribution in [0.15, 0.2) is 22.0 Å². The van der Waals surface area contributed by atoms with Crippen LogP contribution in [0.4, 0.5) is 0 Å². The summed E-state index contributed by atoms with van der Waals surface area (Å²) in [4.78, 5) is 12.2. The largest absolute Gasteiger partial charge is 0.348 e. The van der Waals surface area contributed by atoms with Crippen molar-refractivity contribution < 1.29 is 4.79 Å². The first-order valence-corrected chi connectivity index (χ1v) is 7.09. The van der Waals surface area contributed by atoms with Crippen LogP contribution in [0.1, 0.15) is 26.6 Å². The molecular formula is C13H14BrNOS. The highest BCUT2D eigenvalue weighted by molar-refractivity contribution is 9.11. The third-order valence-corrected chi connectivity index (χ3v) is 4.63. The van der Waals surface area contributed by atoms with Gasteiger partial charge in [-0.15, -0.1) is 11.3 Å². The number of thiophene rings is 1. The van der Waals surface area contributed by atoms with E-state index in [4.69, 9.17) is 0 Å². The van der Waals surface area contributed by atoms with E-state index in [0.717, 1.165) is 36.2 Å². The zero-order valence-electron chi connectivity index (χ0n) is 9.87. The van der Waals surface area contributed by atoms with Crippen LogP contribution in [0, 0.1) is 13.8 Å². The molecule has 0 unspecified atom stereocenters. The van der Waals surface area contributed by atoms with E-state index < -0.39 is 0 Å². The third-order valence-electron chi connectivity index (χ3n) is 2.95. The molecule has 4 heteroatoms. The lowest BCUT2D eigenvalue weighted by Crippen LogP contribution is -2.04. The summed E-state index contributed by atoms with van der Waals surface area (Å²) in [7, 11) is 0. The van der Waals surface area contributed by atoms with E-state index in [2.05, 4.69) is 32.6 Å². The Bertz CT molecular complexity index is 542. The van der Waals surface area contributed by atoms with E-state index in [-0.39, 0.29) is 0 Å². The third kappa shape index (κ3) is 2.69. The van der Waals surface area contributed by atoms with Crippen molar-refractivity contribution in [2.75, 3.05) is 0 Å². The number of hydrogen-bond acceptors (Lipinski definition) is 2. The van der Waals surface area contributed by atoms with Crippen LogP contribution in [0.2, 0.25) is 0 Å². The van der Waals surface area contributed by atoms with Gasteiger partial charge in [0.2, 0.25) is 0 Å². The van der Waals surface area contributed by atoms with E-state index in [1.165, 1.54) is 8.66 Å². The monoisotopic (exact) mass is 311 g/mol. The molecule has 2 rings (SSSR count). The zero-order valence-corrected chi connectivity index (χ0v) is 12.3. The first-order valence-electron chi connectivity index (χ1n) is 5.48. The molecule has 0 aliphatic carbocycles. The Morgan fingerprint density at radius 1 is 1.41 bits per heavy atom. The molecule has 0 fully saturated rings. The van der Waals surface area contributed by atoms with Gasteiger partial charge in [-0.3, -0.25) is 4.79 Å². The standard InChI is InChI=1S/C13H14BrNOS/c1-9-7-11(8-16)10(2)15(9)6-5-12-3-4-13(14)17-12/h3-4,7-8H,5-6H2,1-2H3. The molecule has 0 saturated carbocycles. The molecule has 0 saturated heterocycles. The van der Waals surface area contributed by atoms with Crippen LogP contribution in [0.3, 0.4) is 0 Å². The Morgan fingerprint density at radius 3 is 2.71 bits per heavy atom. The Hall–Kier alpha value is -0.870. The average molecular weight is 312 g/mol. The molecule has 0 aromatic carbocycles. The molecule has 0 amide bonds. The Morgan fingerprint density at radius 2 is 2.18 bits per heavy atom. The molecule has 2 nitrogen and oxygen atoms in total. The van der Waals surface area contributed by atoms with Gasteiger partial charge in [0.1, 0.15) is 0 Å². The fourth-order valence-electron chi connectivity index (χ4n) is 2.00. The van der Waals surface area contributed by atoms with Crippen molar-refractivity contribution in [2.24, 2.45) is 0 Å². The number of aldehydes is 1. The van der Waals surface area contributed by atoms with Gasteiger partial charge in [-0.1, -0.05) is 0 Å². The minimum atomic E-state index is 0.801. The number of aryl methyl sites for hydroxylation is 2. The lowest BCUT2D eigenvalue weighted by molar-refractivity contribution is 0.112. The molecule has 2 heterocycles. The van der Waals surface area contributed by atoms with Gasteiger partial charge < -0.3 is 4.57 Å². The topological polar surface area (TPSA) is 22.0 Å². The van der Waals surface area contributed by atoms with Crippen molar-refractivity contribution in [2.45, 2.75) is 26.8 Å². The van der Waals surface area contributed by atoms with Crippen LogP contribution >= 0.6 is 27.3 Å². The summed E-state index contributed by atoms with van der Waals surface area (Å²) in [5.74, 6) is 0. The lowest BCUT2D eigenvalue weighted by atomic mass is 10.3. The molecule has 0 aliphatic rings. The molecule has 0 aliphatic heterocycles. The van der Waals surface area contributed by atoms with E-state index in [0.29, 0.717) is 0 Å². The first kappa shape index (κ1) is 12.6. The van der Waals surface area contributed by atoms with Gasteiger partial charge in [-0.05, 0) is 54.4 Å². The van der Waals surface area contributed by atoms with E-state index in [1.807, 2.05) is 19.9 Å². The van der Waals surface area contributed by atoms with Gasteiger partial charge >= 0.3 is 0 Å². The van der Waals surface area contributed by atoms with E-state index in [9.17, 15) is 4.79 Å². The molecule has 90 valence electrons. The van der Waals surface area contributed by atoms with Gasteiger partial charge in [0.05, 0.1) is 3.79 Å². The van der Waals surface area contributed by atoms with Crippen molar-refractivity contribution in [1.82, 2.24) is 4.57 Å². The molecule has 0 bridgehead atoms. The van der Waals surface area contributed by atoms with Crippen LogP contribution in [0.25, 0.3) is 0 Å². The SMILES string of the molecule is Cc1cc(C=O)c(C)n1CCc1ccc(Br)s1. The lowest BCUT2D eigenvalue weighted by Gasteiger charge is -2.08. The van der Waals surface area contributed by atoms with Crippen LogP contribution in [-0.2, 0) is 13.0 Å². The molecule has 17 heavy (non-hydrogen) atoms. The second kappa shape index (κ2) is 5.19. The van der Waals surface area contributed by atoms with E-state index >= 15 is 0 Å². The average Bonchev–Trinajstić information content (AvgIpc) is 2.82. The zero-order chi connectivity index (χ0) is 12.4. The van der Waals surface area contributed by atoms with Gasteiger partial charge in [0.25, 0.3) is 0 Å². The summed E-state index contributed by atoms with van der Waals surface area (Å²) < 4.78 is 3.37. The van der Waals surface area contributed by atoms with Crippen molar-refractivity contribution >= 4 is 33.6 Å². The maximum atomic E-state index is 10.9. The highest BCUT2D eigenvalue weighted by atomic mass is 79.9. The first-order chi connectivity index (χ1) is 8.11. The van der Waals surface area contributed by atoms with Gasteiger partial charge in [0, 0.05) is 28.4 Å². The number of carbonyl (C=O) groups is 1. The van der Waals surface area contributed by atoms with Gasteiger partial charge in [0.15, 0.2) is 6.29 Å². The second-order valence-corrected chi connectivity index (χ2v) is 6.60. The quantitative estimate of drug-likeness (QED) is 0.783. The van der Waals surface area contributed by atoms with Crippen LogP contribution in [-0.4, -0.2) is 10.9 Å². The molecule has 0 spiro atoms. The molecule has 2 aromatic rings. The van der Waals surface area contributed by atoms with Crippen LogP contribution in [0.5, 0.6) is 0 Å². The number of halogens is 1. The molecular weight excluding hydrogens is 298 g/mol. The number of hydrogen-bond donors (Lipinski definition) is 0. The van der Waals surface area contributed by atoms with Crippen molar-refractivity contribution in [3.63, 3.8) is 0 Å². The maximum absolute atomic E-state index is 10.9. The summed E-state index contributed by atoms with van der Waals surface area (Å²) in [5.41, 5.74) is 3.02. The summed E-state index contributed by atoms with van der Waals surface area (Å²) in [6.45, 7) is 4.98. The molecule has 0 atom stereocenters. The van der Waals surface area contributed by atoms with Crippen molar-refractivity contribution in [3.8, 4) is 0 Å². The number of rotatable bonds is 4. The molecule has 0 N–H and O–H groups in total. The molecule has 0 radical (unpaired) electrons. The second-order valence-electron chi connectivity index (χ2n) is 4.05. The smallest absolute Gasteiger partial charge is 0.151 e. The molecule has 2 aromatic heterocycles. The highest BCUT2D eigenvalue weighted by Gasteiger charge is 2.08.